The first-order valence-corrected chi connectivity index (χ1v) is 14.7. The predicted octanol–water partition coefficient (Wildman–Crippen LogP) is 4.15. The van der Waals surface area contributed by atoms with Gasteiger partial charge in [-0.25, -0.2) is 12.7 Å². The van der Waals surface area contributed by atoms with Crippen LogP contribution in [0.5, 0.6) is 0 Å². The molecule has 3 amide bonds. The number of sulfonamides is 1. The van der Waals surface area contributed by atoms with Crippen molar-refractivity contribution in [1.82, 2.24) is 14.5 Å². The summed E-state index contributed by atoms with van der Waals surface area (Å²) in [4.78, 5) is 41.9. The Balaban J connectivity index is 1.72. The van der Waals surface area contributed by atoms with Gasteiger partial charge >= 0.3 is 0 Å². The number of nitrogens with zero attached hydrogens (tertiary/aromatic N) is 2. The van der Waals surface area contributed by atoms with Crippen molar-refractivity contribution >= 4 is 43.7 Å². The van der Waals surface area contributed by atoms with Crippen LogP contribution >= 0.6 is 15.9 Å². The monoisotopic (exact) mass is 611 g/mol. The molecule has 0 aromatic heterocycles. The molecule has 39 heavy (non-hydrogen) atoms. The number of carbonyl (C=O) groups is 3. The molecule has 0 saturated heterocycles. The van der Waals surface area contributed by atoms with Crippen LogP contribution in [0.3, 0.4) is 0 Å². The van der Waals surface area contributed by atoms with Gasteiger partial charge in [-0.05, 0) is 56.2 Å². The second-order valence-electron chi connectivity index (χ2n) is 10.4. The van der Waals surface area contributed by atoms with Gasteiger partial charge in [0.05, 0.1) is 5.56 Å². The molecule has 0 saturated carbocycles. The number of nitrogens with one attached hydrogen (secondary N) is 1. The molecule has 0 radical (unpaired) electrons. The molecule has 0 unspecified atom stereocenters. The van der Waals surface area contributed by atoms with Crippen molar-refractivity contribution in [3.8, 4) is 0 Å². The highest BCUT2D eigenvalue weighted by Crippen LogP contribution is 2.30. The minimum Gasteiger partial charge on any atom is -0.350 e. The van der Waals surface area contributed by atoms with Crippen molar-refractivity contribution in [3.05, 3.63) is 100 Å². The largest absolute Gasteiger partial charge is 0.350 e. The van der Waals surface area contributed by atoms with E-state index in [-0.39, 0.29) is 29.3 Å². The third-order valence-corrected chi connectivity index (χ3v) is 8.54. The molecule has 1 heterocycles. The first-order valence-electron chi connectivity index (χ1n) is 12.4. The van der Waals surface area contributed by atoms with Crippen LogP contribution in [-0.4, -0.2) is 53.5 Å². The topological polar surface area (TPSA) is 104 Å². The summed E-state index contributed by atoms with van der Waals surface area (Å²) in [5, 5.41) is 2.96. The summed E-state index contributed by atoms with van der Waals surface area (Å²) in [5.41, 5.74) is 1.02. The molecule has 0 bridgehead atoms. The standard InChI is InChI=1S/C29H30BrN3O5S/c1-29(2,3)31-27(35)24(17-20-9-5-4-6-10-20)32(18-21-13-15-22(30)16-14-21)26(34)19-33-28(36)23-11-7-8-12-25(23)39(33,37)38/h4-16,24H,17-19H2,1-3H3,(H,31,35)/t24-/m0/s1. The number of hydrogen-bond donors (Lipinski definition) is 1. The van der Waals surface area contributed by atoms with Gasteiger partial charge in [0.15, 0.2) is 0 Å². The molecular weight excluding hydrogens is 582 g/mol. The van der Waals surface area contributed by atoms with Crippen molar-refractivity contribution in [3.63, 3.8) is 0 Å². The average molecular weight is 613 g/mol. The van der Waals surface area contributed by atoms with Gasteiger partial charge in [-0.3, -0.25) is 14.4 Å². The maximum Gasteiger partial charge on any atom is 0.269 e. The van der Waals surface area contributed by atoms with E-state index in [0.29, 0.717) is 4.31 Å². The van der Waals surface area contributed by atoms with Gasteiger partial charge in [0, 0.05) is 23.0 Å². The van der Waals surface area contributed by atoms with Crippen LogP contribution in [-0.2, 0) is 32.6 Å². The Morgan fingerprint density at radius 3 is 2.15 bits per heavy atom. The van der Waals surface area contributed by atoms with Crippen molar-refractivity contribution in [2.45, 2.75) is 50.2 Å². The second kappa shape index (κ2) is 11.3. The molecular formula is C29H30BrN3O5S. The summed E-state index contributed by atoms with van der Waals surface area (Å²) in [5.74, 6) is -1.80. The number of benzene rings is 3. The Morgan fingerprint density at radius 1 is 0.923 bits per heavy atom. The molecule has 0 fully saturated rings. The van der Waals surface area contributed by atoms with Crippen molar-refractivity contribution < 1.29 is 22.8 Å². The fourth-order valence-electron chi connectivity index (χ4n) is 4.39. The molecule has 1 N–H and O–H groups in total. The summed E-state index contributed by atoms with van der Waals surface area (Å²) in [6.07, 6.45) is 0.200. The first kappa shape index (κ1) is 28.5. The highest BCUT2D eigenvalue weighted by Gasteiger charge is 2.43. The fraction of sp³-hybridized carbons (Fsp3) is 0.276. The quantitative estimate of drug-likeness (QED) is 0.412. The molecule has 1 aliphatic heterocycles. The summed E-state index contributed by atoms with van der Waals surface area (Å²) in [6.45, 7) is 4.85. The van der Waals surface area contributed by atoms with Crippen molar-refractivity contribution in [2.24, 2.45) is 0 Å². The van der Waals surface area contributed by atoms with Crippen LogP contribution < -0.4 is 5.32 Å². The van der Waals surface area contributed by atoms with Gasteiger partial charge in [-0.2, -0.15) is 0 Å². The number of fused-ring (bicyclic) bond motifs is 1. The molecule has 10 heteroatoms. The van der Waals surface area contributed by atoms with Crippen molar-refractivity contribution in [1.29, 1.82) is 0 Å². The minimum atomic E-state index is -4.21. The Labute approximate surface area is 237 Å². The lowest BCUT2D eigenvalue weighted by molar-refractivity contribution is -0.141. The minimum absolute atomic E-state index is 0.0241. The molecule has 3 aromatic carbocycles. The molecule has 3 aromatic rings. The molecule has 4 rings (SSSR count). The second-order valence-corrected chi connectivity index (χ2v) is 13.2. The molecule has 8 nitrogen and oxygen atoms in total. The van der Waals surface area contributed by atoms with Crippen LogP contribution in [0.4, 0.5) is 0 Å². The van der Waals surface area contributed by atoms with E-state index in [0.717, 1.165) is 15.6 Å². The predicted molar refractivity (Wildman–Crippen MR) is 151 cm³/mol. The Kier molecular flexibility index (Phi) is 8.27. The van der Waals surface area contributed by atoms with Crippen LogP contribution in [0.2, 0.25) is 0 Å². The molecule has 0 spiro atoms. The Morgan fingerprint density at radius 2 is 1.54 bits per heavy atom. The maximum atomic E-state index is 13.9. The lowest BCUT2D eigenvalue weighted by Gasteiger charge is -2.34. The smallest absolute Gasteiger partial charge is 0.269 e. The molecule has 0 aliphatic carbocycles. The number of rotatable bonds is 8. The third kappa shape index (κ3) is 6.57. The van der Waals surface area contributed by atoms with Gasteiger partial charge in [0.2, 0.25) is 11.8 Å². The number of halogens is 1. The zero-order chi connectivity index (χ0) is 28.4. The molecule has 204 valence electrons. The molecule has 1 aliphatic rings. The van der Waals surface area contributed by atoms with Crippen LogP contribution in [0.15, 0.2) is 88.2 Å². The van der Waals surface area contributed by atoms with Gasteiger partial charge in [0.1, 0.15) is 17.5 Å². The lowest BCUT2D eigenvalue weighted by Crippen LogP contribution is -2.56. The van der Waals surface area contributed by atoms with Crippen molar-refractivity contribution in [2.75, 3.05) is 6.54 Å². The van der Waals surface area contributed by atoms with E-state index in [4.69, 9.17) is 0 Å². The maximum absolute atomic E-state index is 13.9. The number of amides is 3. The van der Waals surface area contributed by atoms with E-state index in [2.05, 4.69) is 21.2 Å². The van der Waals surface area contributed by atoms with Gasteiger partial charge in [0.25, 0.3) is 15.9 Å². The van der Waals surface area contributed by atoms with Crippen LogP contribution in [0, 0.1) is 0 Å². The van der Waals surface area contributed by atoms with E-state index in [1.165, 1.54) is 23.1 Å². The average Bonchev–Trinajstić information content (AvgIpc) is 3.07. The Hall–Kier alpha value is -3.50. The summed E-state index contributed by atoms with van der Waals surface area (Å²) >= 11 is 3.41. The third-order valence-electron chi connectivity index (χ3n) is 6.23. The highest BCUT2D eigenvalue weighted by atomic mass is 79.9. The van der Waals surface area contributed by atoms with E-state index >= 15 is 0 Å². The Bertz CT molecular complexity index is 1490. The molecule has 1 atom stereocenters. The SMILES string of the molecule is CC(C)(C)NC(=O)[C@H](Cc1ccccc1)N(Cc1ccc(Br)cc1)C(=O)CN1C(=O)c2ccccc2S1(=O)=O. The first-order chi connectivity index (χ1) is 18.4. The fourth-order valence-corrected chi connectivity index (χ4v) is 6.18. The van der Waals surface area contributed by atoms with E-state index in [9.17, 15) is 22.8 Å². The zero-order valence-electron chi connectivity index (χ0n) is 21.9. The summed E-state index contributed by atoms with van der Waals surface area (Å²) in [6, 6.07) is 21.5. The highest BCUT2D eigenvalue weighted by molar-refractivity contribution is 9.10. The van der Waals surface area contributed by atoms with E-state index in [1.807, 2.05) is 75.4 Å². The number of hydrogen-bond acceptors (Lipinski definition) is 5. The van der Waals surface area contributed by atoms with Gasteiger partial charge in [-0.15, -0.1) is 0 Å². The van der Waals surface area contributed by atoms with Crippen LogP contribution in [0.25, 0.3) is 0 Å². The zero-order valence-corrected chi connectivity index (χ0v) is 24.3. The van der Waals surface area contributed by atoms with Gasteiger partial charge < -0.3 is 10.2 Å². The van der Waals surface area contributed by atoms with E-state index < -0.39 is 40.0 Å². The summed E-state index contributed by atoms with van der Waals surface area (Å²) < 4.78 is 27.8. The van der Waals surface area contributed by atoms with Gasteiger partial charge in [-0.1, -0.05) is 70.5 Å². The normalized spacial score (nSPS) is 15.0. The summed E-state index contributed by atoms with van der Waals surface area (Å²) in [7, 11) is -4.21. The van der Waals surface area contributed by atoms with Crippen LogP contribution in [0.1, 0.15) is 42.3 Å². The van der Waals surface area contributed by atoms with E-state index in [1.54, 1.807) is 6.07 Å². The lowest BCUT2D eigenvalue weighted by atomic mass is 10.0. The number of carbonyl (C=O) groups excluding carboxylic acids is 3.